The zero-order valence-corrected chi connectivity index (χ0v) is 10.7. The molecule has 0 bridgehead atoms. The summed E-state index contributed by atoms with van der Waals surface area (Å²) in [6, 6.07) is 4.52. The fourth-order valence-corrected chi connectivity index (χ4v) is 1.98. The first kappa shape index (κ1) is 13.1. The van der Waals surface area contributed by atoms with Crippen molar-refractivity contribution < 1.29 is 19.8 Å². The topological polar surface area (TPSA) is 74.6 Å². The molecule has 0 spiro atoms. The Morgan fingerprint density at radius 1 is 0.947 bits per heavy atom. The molecule has 0 radical (unpaired) electrons. The number of carbonyl (C=O) groups is 2. The lowest BCUT2D eigenvalue weighted by Crippen LogP contribution is -2.24. The van der Waals surface area contributed by atoms with Crippen LogP contribution in [0.25, 0.3) is 0 Å². The van der Waals surface area contributed by atoms with Crippen LogP contribution in [0.2, 0.25) is 0 Å². The summed E-state index contributed by atoms with van der Waals surface area (Å²) < 4.78 is 0. The number of ketones is 2. The lowest BCUT2D eigenvalue weighted by atomic mass is 9.75. The van der Waals surface area contributed by atoms with Crippen molar-refractivity contribution in [2.24, 2.45) is 0 Å². The minimum absolute atomic E-state index is 0.195. The number of aromatic hydroxyl groups is 2. The second-order valence-electron chi connectivity index (χ2n) is 4.99. The van der Waals surface area contributed by atoms with E-state index in [4.69, 9.17) is 0 Å². The van der Waals surface area contributed by atoms with E-state index >= 15 is 0 Å². The molecular weight excluding hydrogens is 244 g/mol. The molecule has 0 atom stereocenters. The molecule has 0 saturated heterocycles. The highest BCUT2D eigenvalue weighted by atomic mass is 16.3. The fourth-order valence-electron chi connectivity index (χ4n) is 1.98. The van der Waals surface area contributed by atoms with Crippen molar-refractivity contribution in [2.45, 2.75) is 19.3 Å². The number of benzene rings is 1. The van der Waals surface area contributed by atoms with Gasteiger partial charge in [-0.2, -0.15) is 0 Å². The standard InChI is InChI=1S/C15H14O4/c1-15(2,9-3-5-11(16)13(18)7-9)10-4-6-12(17)14(19)8-10/h3-8,16,18H,1-2H3. The molecule has 0 aliphatic heterocycles. The molecule has 1 aliphatic rings. The van der Waals surface area contributed by atoms with Gasteiger partial charge in [-0.15, -0.1) is 0 Å². The smallest absolute Gasteiger partial charge is 0.226 e. The monoisotopic (exact) mass is 258 g/mol. The molecule has 1 aliphatic carbocycles. The molecule has 0 aromatic heterocycles. The second-order valence-corrected chi connectivity index (χ2v) is 4.99. The summed E-state index contributed by atoms with van der Waals surface area (Å²) >= 11 is 0. The highest BCUT2D eigenvalue weighted by Gasteiger charge is 2.28. The van der Waals surface area contributed by atoms with Crippen LogP contribution in [-0.2, 0) is 15.0 Å². The third-order valence-corrected chi connectivity index (χ3v) is 3.36. The maximum Gasteiger partial charge on any atom is 0.226 e. The Labute approximate surface area is 110 Å². The van der Waals surface area contributed by atoms with E-state index in [1.807, 2.05) is 13.8 Å². The number of carbonyl (C=O) groups excluding carboxylic acids is 2. The number of rotatable bonds is 2. The first-order valence-corrected chi connectivity index (χ1v) is 5.83. The summed E-state index contributed by atoms with van der Waals surface area (Å²) in [6.45, 7) is 3.75. The molecule has 0 unspecified atom stereocenters. The van der Waals surface area contributed by atoms with Crippen LogP contribution in [0.4, 0.5) is 0 Å². The van der Waals surface area contributed by atoms with Crippen molar-refractivity contribution >= 4 is 11.6 Å². The van der Waals surface area contributed by atoms with Crippen LogP contribution in [0.1, 0.15) is 19.4 Å². The molecule has 0 heterocycles. The van der Waals surface area contributed by atoms with Crippen LogP contribution in [0.3, 0.4) is 0 Å². The molecule has 1 aromatic carbocycles. The molecule has 2 rings (SSSR count). The molecule has 98 valence electrons. The van der Waals surface area contributed by atoms with Gasteiger partial charge >= 0.3 is 0 Å². The van der Waals surface area contributed by atoms with Crippen LogP contribution >= 0.6 is 0 Å². The molecule has 19 heavy (non-hydrogen) atoms. The van der Waals surface area contributed by atoms with Gasteiger partial charge in [0.25, 0.3) is 0 Å². The molecule has 0 saturated carbocycles. The van der Waals surface area contributed by atoms with Crippen LogP contribution in [0.15, 0.2) is 42.0 Å². The first-order chi connectivity index (χ1) is 8.82. The van der Waals surface area contributed by atoms with Crippen molar-refractivity contribution in [3.8, 4) is 11.5 Å². The van der Waals surface area contributed by atoms with Gasteiger partial charge in [0.2, 0.25) is 11.6 Å². The Balaban J connectivity index is 2.45. The Morgan fingerprint density at radius 3 is 2.21 bits per heavy atom. The molecule has 0 fully saturated rings. The van der Waals surface area contributed by atoms with E-state index in [0.717, 1.165) is 5.56 Å². The quantitative estimate of drug-likeness (QED) is 0.483. The van der Waals surface area contributed by atoms with Crippen LogP contribution in [0.5, 0.6) is 11.5 Å². The maximum absolute atomic E-state index is 11.4. The van der Waals surface area contributed by atoms with Gasteiger partial charge in [0.05, 0.1) is 0 Å². The predicted octanol–water partition coefficient (Wildman–Crippen LogP) is 2.01. The lowest BCUT2D eigenvalue weighted by Gasteiger charge is -2.28. The van der Waals surface area contributed by atoms with E-state index in [-0.39, 0.29) is 11.5 Å². The van der Waals surface area contributed by atoms with Gasteiger partial charge in [0.15, 0.2) is 11.5 Å². The van der Waals surface area contributed by atoms with Gasteiger partial charge in [-0.1, -0.05) is 26.0 Å². The predicted molar refractivity (Wildman–Crippen MR) is 70.0 cm³/mol. The molecule has 1 aromatic rings. The van der Waals surface area contributed by atoms with Crippen molar-refractivity contribution in [1.82, 2.24) is 0 Å². The van der Waals surface area contributed by atoms with E-state index < -0.39 is 17.0 Å². The zero-order chi connectivity index (χ0) is 14.2. The Morgan fingerprint density at radius 2 is 1.63 bits per heavy atom. The second kappa shape index (κ2) is 4.39. The maximum atomic E-state index is 11.4. The van der Waals surface area contributed by atoms with E-state index in [1.54, 1.807) is 12.1 Å². The van der Waals surface area contributed by atoms with Crippen LogP contribution in [-0.4, -0.2) is 21.8 Å². The molecular formula is C15H14O4. The molecule has 4 heteroatoms. The zero-order valence-electron chi connectivity index (χ0n) is 10.7. The van der Waals surface area contributed by atoms with E-state index in [1.165, 1.54) is 24.3 Å². The average molecular weight is 258 g/mol. The highest BCUT2D eigenvalue weighted by Crippen LogP contribution is 2.37. The van der Waals surface area contributed by atoms with Crippen LogP contribution in [0, 0.1) is 0 Å². The summed E-state index contributed by atoms with van der Waals surface area (Å²) in [7, 11) is 0. The summed E-state index contributed by atoms with van der Waals surface area (Å²) in [5, 5.41) is 18.9. The first-order valence-electron chi connectivity index (χ1n) is 5.83. The van der Waals surface area contributed by atoms with Gasteiger partial charge in [-0.25, -0.2) is 0 Å². The molecule has 4 nitrogen and oxygen atoms in total. The van der Waals surface area contributed by atoms with Gasteiger partial charge in [-0.05, 0) is 35.4 Å². The summed E-state index contributed by atoms with van der Waals surface area (Å²) in [5.41, 5.74) is 0.862. The third-order valence-electron chi connectivity index (χ3n) is 3.36. The third kappa shape index (κ3) is 2.29. The van der Waals surface area contributed by atoms with E-state index in [0.29, 0.717) is 5.57 Å². The normalized spacial score (nSPS) is 15.6. The van der Waals surface area contributed by atoms with Gasteiger partial charge < -0.3 is 10.2 Å². The number of allylic oxidation sites excluding steroid dienone is 4. The SMILES string of the molecule is CC(C)(C1=CC(=O)C(=O)C=C1)c1ccc(O)c(O)c1. The summed E-state index contributed by atoms with van der Waals surface area (Å²) in [6.07, 6.45) is 4.17. The van der Waals surface area contributed by atoms with Crippen molar-refractivity contribution in [1.29, 1.82) is 0 Å². The molecule has 0 amide bonds. The van der Waals surface area contributed by atoms with E-state index in [9.17, 15) is 19.8 Å². The number of phenols is 2. The summed E-state index contributed by atoms with van der Waals surface area (Å²) in [4.78, 5) is 22.6. The average Bonchev–Trinajstić information content (AvgIpc) is 2.35. The minimum atomic E-state index is -0.557. The Hall–Kier alpha value is -2.36. The van der Waals surface area contributed by atoms with Crippen molar-refractivity contribution in [2.75, 3.05) is 0 Å². The summed E-state index contributed by atoms with van der Waals surface area (Å²) in [5.74, 6) is -1.49. The molecule has 2 N–H and O–H groups in total. The van der Waals surface area contributed by atoms with Crippen molar-refractivity contribution in [3.05, 3.63) is 47.6 Å². The fraction of sp³-hybridized carbons (Fsp3) is 0.200. The van der Waals surface area contributed by atoms with Crippen molar-refractivity contribution in [3.63, 3.8) is 0 Å². The Kier molecular flexibility index (Phi) is 3.02. The number of phenolic OH excluding ortho intramolecular Hbond substituents is 2. The lowest BCUT2D eigenvalue weighted by molar-refractivity contribution is -0.131. The van der Waals surface area contributed by atoms with Gasteiger partial charge in [0, 0.05) is 5.41 Å². The Bertz CT molecular complexity index is 621. The highest BCUT2D eigenvalue weighted by molar-refractivity contribution is 6.46. The number of hydrogen-bond donors (Lipinski definition) is 2. The minimum Gasteiger partial charge on any atom is -0.504 e. The largest absolute Gasteiger partial charge is 0.504 e. The number of hydrogen-bond acceptors (Lipinski definition) is 4. The van der Waals surface area contributed by atoms with Crippen LogP contribution < -0.4 is 0 Å². The van der Waals surface area contributed by atoms with Gasteiger partial charge in [0.1, 0.15) is 0 Å². The van der Waals surface area contributed by atoms with E-state index in [2.05, 4.69) is 0 Å². The van der Waals surface area contributed by atoms with Gasteiger partial charge in [-0.3, -0.25) is 9.59 Å².